The number of carbonyl (C=O) groups excluding carboxylic acids is 1. The molecule has 1 saturated heterocycles. The summed E-state index contributed by atoms with van der Waals surface area (Å²) in [6.45, 7) is 6.25. The third-order valence-electron chi connectivity index (χ3n) is 4.43. The van der Waals surface area contributed by atoms with Crippen molar-refractivity contribution in [3.63, 3.8) is 0 Å². The van der Waals surface area contributed by atoms with Crippen LogP contribution in [0.3, 0.4) is 0 Å². The molecule has 1 aliphatic rings. The average Bonchev–Trinajstić information content (AvgIpc) is 3.21. The number of hydrazine groups is 1. The number of carbonyl (C=O) groups is 1. The van der Waals surface area contributed by atoms with E-state index in [2.05, 4.69) is 33.6 Å². The molecule has 1 aliphatic heterocycles. The predicted molar refractivity (Wildman–Crippen MR) is 98.1 cm³/mol. The van der Waals surface area contributed by atoms with Crippen LogP contribution < -0.4 is 21.5 Å². The van der Waals surface area contributed by atoms with Crippen molar-refractivity contribution in [1.82, 2.24) is 16.2 Å². The third kappa shape index (κ3) is 4.92. The van der Waals surface area contributed by atoms with Gasteiger partial charge in [-0.05, 0) is 49.7 Å². The van der Waals surface area contributed by atoms with E-state index < -0.39 is 0 Å². The number of rotatable bonds is 7. The number of hydrogen-bond donors (Lipinski definition) is 4. The molecule has 0 aliphatic carbocycles. The molecule has 1 fully saturated rings. The largest absolute Gasteiger partial charge is 0.465 e. The van der Waals surface area contributed by atoms with Crippen molar-refractivity contribution in [3.8, 4) is 0 Å². The monoisotopic (exact) mass is 342 g/mol. The number of benzene rings is 1. The first-order valence-electron chi connectivity index (χ1n) is 8.74. The van der Waals surface area contributed by atoms with E-state index in [0.717, 1.165) is 43.3 Å². The molecule has 0 radical (unpaired) electrons. The van der Waals surface area contributed by atoms with Crippen LogP contribution in [0.1, 0.15) is 30.0 Å². The molecule has 1 aromatic carbocycles. The van der Waals surface area contributed by atoms with Crippen LogP contribution in [0.2, 0.25) is 0 Å². The first-order chi connectivity index (χ1) is 12.1. The number of amides is 1. The molecule has 4 N–H and O–H groups in total. The fraction of sp³-hybridized carbons (Fsp3) is 0.421. The van der Waals surface area contributed by atoms with E-state index in [1.807, 2.05) is 31.2 Å². The van der Waals surface area contributed by atoms with E-state index in [9.17, 15) is 4.79 Å². The van der Waals surface area contributed by atoms with Crippen LogP contribution in [0.4, 0.5) is 5.69 Å². The van der Waals surface area contributed by atoms with Gasteiger partial charge in [0.25, 0.3) is 0 Å². The van der Waals surface area contributed by atoms with Crippen molar-refractivity contribution in [2.45, 2.75) is 26.3 Å². The van der Waals surface area contributed by atoms with Gasteiger partial charge in [-0.25, -0.2) is 5.43 Å². The molecule has 6 heteroatoms. The van der Waals surface area contributed by atoms with Crippen molar-refractivity contribution in [3.05, 3.63) is 53.5 Å². The second kappa shape index (κ2) is 8.29. The van der Waals surface area contributed by atoms with Crippen molar-refractivity contribution in [2.75, 3.05) is 25.0 Å². The van der Waals surface area contributed by atoms with Crippen LogP contribution in [-0.2, 0) is 11.2 Å². The van der Waals surface area contributed by atoms with Crippen LogP contribution in [0.25, 0.3) is 0 Å². The Balaban J connectivity index is 1.42. The summed E-state index contributed by atoms with van der Waals surface area (Å²) >= 11 is 0. The molecular weight excluding hydrogens is 316 g/mol. The summed E-state index contributed by atoms with van der Waals surface area (Å²) in [7, 11) is 0. The molecule has 0 saturated carbocycles. The fourth-order valence-electron chi connectivity index (χ4n) is 3.13. The molecule has 25 heavy (non-hydrogen) atoms. The predicted octanol–water partition coefficient (Wildman–Crippen LogP) is 2.14. The normalized spacial score (nSPS) is 19.9. The summed E-state index contributed by atoms with van der Waals surface area (Å²) in [6, 6.07) is 12.3. The molecule has 1 amide bonds. The minimum absolute atomic E-state index is 0.0468. The molecule has 6 nitrogen and oxygen atoms in total. The molecule has 1 aromatic heterocycles. The zero-order valence-corrected chi connectivity index (χ0v) is 14.8. The number of hydrogen-bond acceptors (Lipinski definition) is 5. The molecule has 134 valence electrons. The van der Waals surface area contributed by atoms with Gasteiger partial charge in [-0.15, -0.1) is 0 Å². The second-order valence-corrected chi connectivity index (χ2v) is 6.54. The Morgan fingerprint density at radius 3 is 2.72 bits per heavy atom. The first kappa shape index (κ1) is 17.7. The Kier molecular flexibility index (Phi) is 5.86. The van der Waals surface area contributed by atoms with E-state index in [0.29, 0.717) is 5.92 Å². The van der Waals surface area contributed by atoms with E-state index in [4.69, 9.17) is 4.42 Å². The lowest BCUT2D eigenvalue weighted by Crippen LogP contribution is -2.29. The summed E-state index contributed by atoms with van der Waals surface area (Å²) < 4.78 is 5.75. The first-order valence-corrected chi connectivity index (χ1v) is 8.74. The van der Waals surface area contributed by atoms with Gasteiger partial charge in [0.1, 0.15) is 11.5 Å². The lowest BCUT2D eigenvalue weighted by Gasteiger charge is -2.17. The van der Waals surface area contributed by atoms with Gasteiger partial charge in [0.2, 0.25) is 5.91 Å². The van der Waals surface area contributed by atoms with Gasteiger partial charge in [0, 0.05) is 31.6 Å². The molecule has 3 rings (SSSR count). The summed E-state index contributed by atoms with van der Waals surface area (Å²) in [4.78, 5) is 11.0. The maximum absolute atomic E-state index is 11.0. The third-order valence-corrected chi connectivity index (χ3v) is 4.43. The maximum atomic E-state index is 11.0. The smallest absolute Gasteiger partial charge is 0.221 e. The van der Waals surface area contributed by atoms with Crippen LogP contribution in [0.5, 0.6) is 0 Å². The topological polar surface area (TPSA) is 78.3 Å². The Bertz CT molecular complexity index is 696. The quantitative estimate of drug-likeness (QED) is 0.580. The minimum Gasteiger partial charge on any atom is -0.465 e. The van der Waals surface area contributed by atoms with Gasteiger partial charge in [-0.3, -0.25) is 10.2 Å². The van der Waals surface area contributed by atoms with Gasteiger partial charge in [0.15, 0.2) is 0 Å². The highest BCUT2D eigenvalue weighted by Crippen LogP contribution is 2.25. The minimum atomic E-state index is -0.0468. The van der Waals surface area contributed by atoms with Gasteiger partial charge in [-0.1, -0.05) is 12.1 Å². The molecule has 2 atom stereocenters. The maximum Gasteiger partial charge on any atom is 0.221 e. The Labute approximate surface area is 148 Å². The number of aryl methyl sites for hydroxylation is 1. The van der Waals surface area contributed by atoms with E-state index in [-0.39, 0.29) is 11.9 Å². The van der Waals surface area contributed by atoms with Crippen molar-refractivity contribution >= 4 is 11.6 Å². The standard InChI is InChI=1S/C19H26N4O2/c1-13-3-8-18(25-13)19-16(12-21-23-19)11-20-10-9-15-4-6-17(7-5-15)22-14(2)24/h3-8,16,19-21,23H,9-12H2,1-2H3,(H,22,24). The van der Waals surface area contributed by atoms with Gasteiger partial charge >= 0.3 is 0 Å². The molecule has 2 heterocycles. The summed E-state index contributed by atoms with van der Waals surface area (Å²) in [5, 5.41) is 6.32. The lowest BCUT2D eigenvalue weighted by molar-refractivity contribution is -0.114. The highest BCUT2D eigenvalue weighted by Gasteiger charge is 2.29. The molecule has 0 spiro atoms. The summed E-state index contributed by atoms with van der Waals surface area (Å²) in [6.07, 6.45) is 0.957. The average molecular weight is 342 g/mol. The highest BCUT2D eigenvalue weighted by atomic mass is 16.3. The van der Waals surface area contributed by atoms with Crippen LogP contribution >= 0.6 is 0 Å². The summed E-state index contributed by atoms with van der Waals surface area (Å²) in [5.41, 5.74) is 8.61. The van der Waals surface area contributed by atoms with E-state index in [1.165, 1.54) is 12.5 Å². The molecule has 0 bridgehead atoms. The van der Waals surface area contributed by atoms with E-state index >= 15 is 0 Å². The van der Waals surface area contributed by atoms with Gasteiger partial charge < -0.3 is 15.1 Å². The van der Waals surface area contributed by atoms with Crippen molar-refractivity contribution < 1.29 is 9.21 Å². The number of furan rings is 1. The molecule has 2 aromatic rings. The van der Waals surface area contributed by atoms with Crippen molar-refractivity contribution in [2.24, 2.45) is 5.92 Å². The lowest BCUT2D eigenvalue weighted by atomic mass is 10.00. The van der Waals surface area contributed by atoms with Crippen LogP contribution in [-0.4, -0.2) is 25.5 Å². The zero-order valence-electron chi connectivity index (χ0n) is 14.8. The molecule has 2 unspecified atom stereocenters. The number of anilines is 1. The van der Waals surface area contributed by atoms with E-state index in [1.54, 1.807) is 0 Å². The molecular formula is C19H26N4O2. The van der Waals surface area contributed by atoms with Gasteiger partial charge in [-0.2, -0.15) is 0 Å². The second-order valence-electron chi connectivity index (χ2n) is 6.54. The highest BCUT2D eigenvalue weighted by molar-refractivity contribution is 5.88. The Morgan fingerprint density at radius 1 is 1.24 bits per heavy atom. The Hall–Kier alpha value is -2.15. The summed E-state index contributed by atoms with van der Waals surface area (Å²) in [5.74, 6) is 2.34. The zero-order chi connectivity index (χ0) is 17.6. The van der Waals surface area contributed by atoms with Gasteiger partial charge in [0.05, 0.1) is 6.04 Å². The van der Waals surface area contributed by atoms with Crippen molar-refractivity contribution in [1.29, 1.82) is 0 Å². The SMILES string of the molecule is CC(=O)Nc1ccc(CCNCC2CNNC2c2ccc(C)o2)cc1. The van der Waals surface area contributed by atoms with Crippen LogP contribution in [0, 0.1) is 12.8 Å². The Morgan fingerprint density at radius 2 is 2.04 bits per heavy atom. The fourth-order valence-corrected chi connectivity index (χ4v) is 3.13. The van der Waals surface area contributed by atoms with Crippen LogP contribution in [0.15, 0.2) is 40.8 Å². The number of nitrogens with one attached hydrogen (secondary N) is 4.